The normalized spacial score (nSPS) is 19.4. The summed E-state index contributed by atoms with van der Waals surface area (Å²) in [6.07, 6.45) is 0.742. The van der Waals surface area contributed by atoms with Gasteiger partial charge in [-0.25, -0.2) is 8.42 Å². The second kappa shape index (κ2) is 6.75. The minimum absolute atomic E-state index is 0.0823. The van der Waals surface area contributed by atoms with E-state index in [4.69, 9.17) is 4.74 Å². The highest BCUT2D eigenvalue weighted by Gasteiger charge is 2.32. The van der Waals surface area contributed by atoms with Crippen LogP contribution in [0.2, 0.25) is 0 Å². The predicted octanol–water partition coefficient (Wildman–Crippen LogP) is 1.89. The number of benzene rings is 1. The molecule has 0 spiro atoms. The van der Waals surface area contributed by atoms with Crippen LogP contribution < -0.4 is 5.32 Å². The second-order valence-corrected chi connectivity index (χ2v) is 8.09. The molecule has 7 heteroatoms. The van der Waals surface area contributed by atoms with Crippen molar-refractivity contribution in [1.82, 2.24) is 9.62 Å². The minimum atomic E-state index is -3.52. The van der Waals surface area contributed by atoms with Gasteiger partial charge in [0.25, 0.3) is 0 Å². The Morgan fingerprint density at radius 3 is 2.76 bits per heavy atom. The Hall–Kier alpha value is -0.470. The van der Waals surface area contributed by atoms with Gasteiger partial charge in [-0.2, -0.15) is 4.31 Å². The molecular weight excluding hydrogens is 356 g/mol. The van der Waals surface area contributed by atoms with E-state index in [1.165, 1.54) is 4.31 Å². The minimum Gasteiger partial charge on any atom is -0.380 e. The third kappa shape index (κ3) is 3.48. The van der Waals surface area contributed by atoms with Gasteiger partial charge in [0.1, 0.15) is 0 Å². The van der Waals surface area contributed by atoms with Gasteiger partial charge in [-0.3, -0.25) is 0 Å². The quantitative estimate of drug-likeness (QED) is 0.852. The highest BCUT2D eigenvalue weighted by molar-refractivity contribution is 9.10. The summed E-state index contributed by atoms with van der Waals surface area (Å²) in [5, 5.41) is 3.04. The lowest BCUT2D eigenvalue weighted by molar-refractivity contribution is 0.181. The number of hydrogen-bond donors (Lipinski definition) is 1. The molecule has 1 heterocycles. The molecule has 0 bridgehead atoms. The standard InChI is InChI=1S/C14H21BrN2O3S/c1-10-13(15)6-11(8-16-2)7-14(10)21(18,19)17(3)12-4-5-20-9-12/h6-7,12,16H,4-5,8-9H2,1-3H3. The van der Waals surface area contributed by atoms with Crippen LogP contribution in [0.25, 0.3) is 0 Å². The number of halogens is 1. The highest BCUT2D eigenvalue weighted by Crippen LogP contribution is 2.29. The van der Waals surface area contributed by atoms with Gasteiger partial charge in [0, 0.05) is 24.7 Å². The van der Waals surface area contributed by atoms with Crippen LogP contribution >= 0.6 is 15.9 Å². The van der Waals surface area contributed by atoms with E-state index in [1.807, 2.05) is 20.0 Å². The summed E-state index contributed by atoms with van der Waals surface area (Å²) in [6.45, 7) is 3.52. The SMILES string of the molecule is CNCc1cc(Br)c(C)c(S(=O)(=O)N(C)C2CCOC2)c1. The van der Waals surface area contributed by atoms with Gasteiger partial charge in [0.05, 0.1) is 17.5 Å². The van der Waals surface area contributed by atoms with Gasteiger partial charge < -0.3 is 10.1 Å². The van der Waals surface area contributed by atoms with Crippen molar-refractivity contribution in [2.24, 2.45) is 0 Å². The van der Waals surface area contributed by atoms with Crippen LogP contribution in [0.3, 0.4) is 0 Å². The molecule has 1 unspecified atom stereocenters. The lowest BCUT2D eigenvalue weighted by atomic mass is 10.1. The Morgan fingerprint density at radius 2 is 2.19 bits per heavy atom. The fraction of sp³-hybridized carbons (Fsp3) is 0.571. The zero-order valence-corrected chi connectivity index (χ0v) is 14.9. The maximum atomic E-state index is 12.9. The van der Waals surface area contributed by atoms with Crippen LogP contribution in [0.5, 0.6) is 0 Å². The van der Waals surface area contributed by atoms with Gasteiger partial charge in [-0.05, 0) is 43.7 Å². The van der Waals surface area contributed by atoms with Gasteiger partial charge in [0.2, 0.25) is 10.0 Å². The van der Waals surface area contributed by atoms with Crippen molar-refractivity contribution >= 4 is 26.0 Å². The Morgan fingerprint density at radius 1 is 1.48 bits per heavy atom. The lowest BCUT2D eigenvalue weighted by Crippen LogP contribution is -2.37. The van der Waals surface area contributed by atoms with Crippen molar-refractivity contribution in [3.63, 3.8) is 0 Å². The summed E-state index contributed by atoms with van der Waals surface area (Å²) in [4.78, 5) is 0.358. The molecule has 1 aromatic carbocycles. The Kier molecular flexibility index (Phi) is 5.43. The molecule has 21 heavy (non-hydrogen) atoms. The molecule has 118 valence electrons. The van der Waals surface area contributed by atoms with E-state index in [-0.39, 0.29) is 6.04 Å². The summed E-state index contributed by atoms with van der Waals surface area (Å²) in [6, 6.07) is 3.61. The van der Waals surface area contributed by atoms with Crippen LogP contribution in [0.4, 0.5) is 0 Å². The summed E-state index contributed by atoms with van der Waals surface area (Å²) >= 11 is 3.46. The third-order valence-corrected chi connectivity index (χ3v) is 6.67. The number of hydrogen-bond acceptors (Lipinski definition) is 4. The molecule has 1 atom stereocenters. The summed E-state index contributed by atoms with van der Waals surface area (Å²) in [5.74, 6) is 0. The average Bonchev–Trinajstić information content (AvgIpc) is 2.95. The van der Waals surface area contributed by atoms with Gasteiger partial charge in [-0.1, -0.05) is 15.9 Å². The van der Waals surface area contributed by atoms with E-state index < -0.39 is 10.0 Å². The summed E-state index contributed by atoms with van der Waals surface area (Å²) in [5.41, 5.74) is 1.67. The fourth-order valence-corrected chi connectivity index (χ4v) is 4.75. The van der Waals surface area contributed by atoms with Crippen molar-refractivity contribution in [1.29, 1.82) is 0 Å². The summed E-state index contributed by atoms with van der Waals surface area (Å²) in [7, 11) is -0.0519. The Bertz CT molecular complexity index is 613. The van der Waals surface area contributed by atoms with Crippen LogP contribution in [0.1, 0.15) is 17.5 Å². The van der Waals surface area contributed by atoms with Gasteiger partial charge in [-0.15, -0.1) is 0 Å². The molecule has 0 radical (unpaired) electrons. The third-order valence-electron chi connectivity index (χ3n) is 3.81. The van der Waals surface area contributed by atoms with Crippen LogP contribution in [0, 0.1) is 6.92 Å². The van der Waals surface area contributed by atoms with E-state index in [9.17, 15) is 8.42 Å². The molecule has 0 aromatic heterocycles. The van der Waals surface area contributed by atoms with Crippen LogP contribution in [0.15, 0.2) is 21.5 Å². The van der Waals surface area contributed by atoms with Crippen molar-refractivity contribution in [2.45, 2.75) is 30.8 Å². The largest absolute Gasteiger partial charge is 0.380 e. The van der Waals surface area contributed by atoms with E-state index in [0.717, 1.165) is 22.0 Å². The van der Waals surface area contributed by atoms with Crippen molar-refractivity contribution < 1.29 is 13.2 Å². The molecule has 2 rings (SSSR count). The predicted molar refractivity (Wildman–Crippen MR) is 85.8 cm³/mol. The van der Waals surface area contributed by atoms with E-state index in [0.29, 0.717) is 24.7 Å². The zero-order valence-electron chi connectivity index (χ0n) is 12.5. The molecule has 1 fully saturated rings. The maximum Gasteiger partial charge on any atom is 0.243 e. The first-order valence-corrected chi connectivity index (χ1v) is 9.10. The molecule has 0 aliphatic carbocycles. The van der Waals surface area contributed by atoms with E-state index in [2.05, 4.69) is 21.2 Å². The van der Waals surface area contributed by atoms with E-state index >= 15 is 0 Å². The highest BCUT2D eigenvalue weighted by atomic mass is 79.9. The molecule has 1 aliphatic heterocycles. The van der Waals surface area contributed by atoms with Gasteiger partial charge in [0.15, 0.2) is 0 Å². The number of sulfonamides is 1. The molecule has 1 N–H and O–H groups in total. The number of nitrogens with one attached hydrogen (secondary N) is 1. The lowest BCUT2D eigenvalue weighted by Gasteiger charge is -2.24. The molecule has 1 aromatic rings. The first-order valence-electron chi connectivity index (χ1n) is 6.87. The number of nitrogens with zero attached hydrogens (tertiary/aromatic N) is 1. The number of ether oxygens (including phenoxy) is 1. The van der Waals surface area contributed by atoms with Crippen molar-refractivity contribution in [3.8, 4) is 0 Å². The smallest absolute Gasteiger partial charge is 0.243 e. The zero-order chi connectivity index (χ0) is 15.6. The van der Waals surface area contributed by atoms with Crippen molar-refractivity contribution in [2.75, 3.05) is 27.3 Å². The van der Waals surface area contributed by atoms with Crippen LogP contribution in [-0.4, -0.2) is 46.1 Å². The first-order chi connectivity index (χ1) is 9.87. The number of likely N-dealkylation sites (N-methyl/N-ethyl adjacent to an activating group) is 1. The maximum absolute atomic E-state index is 12.9. The van der Waals surface area contributed by atoms with Crippen LogP contribution in [-0.2, 0) is 21.3 Å². The first kappa shape index (κ1) is 16.9. The molecule has 1 aliphatic rings. The fourth-order valence-electron chi connectivity index (χ4n) is 2.44. The number of rotatable bonds is 5. The van der Waals surface area contributed by atoms with E-state index in [1.54, 1.807) is 13.1 Å². The topological polar surface area (TPSA) is 58.6 Å². The average molecular weight is 377 g/mol. The second-order valence-electron chi connectivity index (χ2n) is 5.27. The Labute approximate surface area is 134 Å². The van der Waals surface area contributed by atoms with Gasteiger partial charge >= 0.3 is 0 Å². The monoisotopic (exact) mass is 376 g/mol. The van der Waals surface area contributed by atoms with Crippen molar-refractivity contribution in [3.05, 3.63) is 27.7 Å². The molecule has 5 nitrogen and oxygen atoms in total. The molecule has 1 saturated heterocycles. The molecule has 0 amide bonds. The Balaban J connectivity index is 2.43. The summed E-state index contributed by atoms with van der Waals surface area (Å²) < 4.78 is 33.3. The molecular formula is C14H21BrN2O3S. The molecule has 0 saturated carbocycles.